The number of hydrogen-bond donors (Lipinski definition) is 1. The summed E-state index contributed by atoms with van der Waals surface area (Å²) in [7, 11) is 2.04. The zero-order valence-electron chi connectivity index (χ0n) is 11.3. The Bertz CT molecular complexity index is 443. The Morgan fingerprint density at radius 1 is 1.53 bits per heavy atom. The first-order valence-corrected chi connectivity index (χ1v) is 6.19. The summed E-state index contributed by atoms with van der Waals surface area (Å²) in [5.41, 5.74) is 1.48. The van der Waals surface area contributed by atoms with E-state index < -0.39 is 0 Å². The molecule has 17 heavy (non-hydrogen) atoms. The second-order valence-corrected chi connectivity index (χ2v) is 4.69. The molecule has 0 spiro atoms. The minimum atomic E-state index is 0.395. The van der Waals surface area contributed by atoms with Crippen molar-refractivity contribution in [1.29, 1.82) is 5.41 Å². The molecule has 1 rings (SSSR count). The molecule has 0 bridgehead atoms. The monoisotopic (exact) mass is 235 g/mol. The summed E-state index contributed by atoms with van der Waals surface area (Å²) in [6.45, 7) is 7.10. The molecule has 1 aromatic rings. The lowest BCUT2D eigenvalue weighted by Crippen LogP contribution is -2.26. The van der Waals surface area contributed by atoms with Crippen molar-refractivity contribution in [1.82, 2.24) is 9.55 Å². The van der Waals surface area contributed by atoms with E-state index in [9.17, 15) is 0 Å². The van der Waals surface area contributed by atoms with E-state index >= 15 is 0 Å². The molecule has 0 unspecified atom stereocenters. The fourth-order valence-corrected chi connectivity index (χ4v) is 1.54. The summed E-state index contributed by atoms with van der Waals surface area (Å²) in [5, 5.41) is 7.84. The molecule has 1 N–H and O–H groups in total. The van der Waals surface area contributed by atoms with E-state index in [1.165, 1.54) is 0 Å². The summed E-state index contributed by atoms with van der Waals surface area (Å²) >= 11 is 0. The van der Waals surface area contributed by atoms with Crippen molar-refractivity contribution in [3.8, 4) is 0 Å². The largest absolute Gasteiger partial charge is 0.283 e. The van der Waals surface area contributed by atoms with E-state index in [4.69, 9.17) is 5.41 Å². The van der Waals surface area contributed by atoms with Crippen LogP contribution >= 0.6 is 0 Å². The third-order valence-corrected chi connectivity index (χ3v) is 2.63. The molecule has 4 nitrogen and oxygen atoms in total. The summed E-state index contributed by atoms with van der Waals surface area (Å²) in [4.78, 5) is 4.27. The smallest absolute Gasteiger partial charge is 0.222 e. The molecule has 0 atom stereocenters. The van der Waals surface area contributed by atoms with Crippen molar-refractivity contribution in [2.75, 3.05) is 7.05 Å². The van der Waals surface area contributed by atoms with Crippen LogP contribution in [0.15, 0.2) is 12.4 Å². The molecule has 1 heterocycles. The lowest BCUT2D eigenvalue weighted by Gasteiger charge is -2.08. The number of aromatic nitrogens is 2. The van der Waals surface area contributed by atoms with Crippen molar-refractivity contribution in [3.05, 3.63) is 23.6 Å². The SMILES string of the molecule is CCC/C=[N+](/C)Cn1cc(C(C)C)ncc1=N. The maximum absolute atomic E-state index is 7.84. The molecule has 0 aliphatic rings. The van der Waals surface area contributed by atoms with Crippen LogP contribution in [0.5, 0.6) is 0 Å². The van der Waals surface area contributed by atoms with Gasteiger partial charge in [0, 0.05) is 12.6 Å². The number of nitrogens with zero attached hydrogens (tertiary/aromatic N) is 3. The maximum Gasteiger partial charge on any atom is 0.222 e. The van der Waals surface area contributed by atoms with Crippen LogP contribution < -0.4 is 5.49 Å². The molecular weight excluding hydrogens is 212 g/mol. The van der Waals surface area contributed by atoms with Gasteiger partial charge in [0.25, 0.3) is 0 Å². The average Bonchev–Trinajstić information content (AvgIpc) is 2.29. The van der Waals surface area contributed by atoms with Gasteiger partial charge in [-0.3, -0.25) is 15.0 Å². The molecule has 0 saturated carbocycles. The van der Waals surface area contributed by atoms with Crippen molar-refractivity contribution in [2.45, 2.75) is 46.2 Å². The molecule has 1 aromatic heterocycles. The lowest BCUT2D eigenvalue weighted by atomic mass is 10.1. The van der Waals surface area contributed by atoms with Crippen LogP contribution in [-0.4, -0.2) is 27.4 Å². The molecule has 0 aliphatic heterocycles. The number of nitrogens with one attached hydrogen (secondary N) is 1. The second kappa shape index (κ2) is 6.33. The highest BCUT2D eigenvalue weighted by atomic mass is 15.2. The Labute approximate surface area is 103 Å². The first-order valence-electron chi connectivity index (χ1n) is 6.19. The van der Waals surface area contributed by atoms with Crippen LogP contribution in [0.25, 0.3) is 0 Å². The van der Waals surface area contributed by atoms with Crippen molar-refractivity contribution >= 4 is 6.21 Å². The fourth-order valence-electron chi connectivity index (χ4n) is 1.54. The molecule has 0 saturated heterocycles. The maximum atomic E-state index is 7.84. The molecule has 0 aromatic carbocycles. The number of unbranched alkanes of at least 4 members (excludes halogenated alkanes) is 1. The highest BCUT2D eigenvalue weighted by Gasteiger charge is 2.05. The summed E-state index contributed by atoms with van der Waals surface area (Å²) in [6, 6.07) is 0. The standard InChI is InChI=1S/C13H23N4/c1-5-6-7-16(4)10-17-9-12(11(2)3)15-8-13(17)14/h7-9,11,14H,5-6,10H2,1-4H3/q+1/b14-13?,16-7-. The van der Waals surface area contributed by atoms with E-state index in [1.54, 1.807) is 6.20 Å². The van der Waals surface area contributed by atoms with Gasteiger partial charge in [-0.1, -0.05) is 20.8 Å². The molecule has 4 heteroatoms. The Morgan fingerprint density at radius 2 is 2.24 bits per heavy atom. The molecule has 94 valence electrons. The van der Waals surface area contributed by atoms with Gasteiger partial charge < -0.3 is 0 Å². The van der Waals surface area contributed by atoms with Crippen LogP contribution in [0.1, 0.15) is 45.2 Å². The first-order chi connectivity index (χ1) is 8.04. The predicted octanol–water partition coefficient (Wildman–Crippen LogP) is 1.96. The van der Waals surface area contributed by atoms with Gasteiger partial charge in [-0.2, -0.15) is 0 Å². The van der Waals surface area contributed by atoms with Crippen molar-refractivity contribution in [2.24, 2.45) is 0 Å². The van der Waals surface area contributed by atoms with E-state index in [0.717, 1.165) is 18.5 Å². The van der Waals surface area contributed by atoms with Crippen LogP contribution in [-0.2, 0) is 6.67 Å². The molecule has 0 radical (unpaired) electrons. The number of hydrogen-bond acceptors (Lipinski definition) is 2. The topological polar surface area (TPSA) is 44.7 Å². The minimum Gasteiger partial charge on any atom is -0.283 e. The Kier molecular flexibility index (Phi) is 5.07. The average molecular weight is 235 g/mol. The minimum absolute atomic E-state index is 0.395. The highest BCUT2D eigenvalue weighted by molar-refractivity contribution is 5.50. The van der Waals surface area contributed by atoms with Gasteiger partial charge in [0.15, 0.2) is 0 Å². The third kappa shape index (κ3) is 4.13. The quantitative estimate of drug-likeness (QED) is 0.615. The predicted molar refractivity (Wildman–Crippen MR) is 69.3 cm³/mol. The zero-order valence-corrected chi connectivity index (χ0v) is 11.3. The third-order valence-electron chi connectivity index (χ3n) is 2.63. The molecule has 0 aliphatic carbocycles. The summed E-state index contributed by atoms with van der Waals surface area (Å²) < 4.78 is 4.04. The zero-order chi connectivity index (χ0) is 12.8. The van der Waals surface area contributed by atoms with Gasteiger partial charge in [0.2, 0.25) is 6.67 Å². The fraction of sp³-hybridized carbons (Fsp3) is 0.615. The Morgan fingerprint density at radius 3 is 2.82 bits per heavy atom. The molecule has 0 fully saturated rings. The van der Waals surface area contributed by atoms with E-state index in [-0.39, 0.29) is 0 Å². The Balaban J connectivity index is 2.90. The second-order valence-electron chi connectivity index (χ2n) is 4.69. The van der Waals surface area contributed by atoms with Crippen LogP contribution in [0.2, 0.25) is 0 Å². The van der Waals surface area contributed by atoms with E-state index in [2.05, 4.69) is 36.5 Å². The van der Waals surface area contributed by atoms with Crippen molar-refractivity contribution < 1.29 is 4.58 Å². The van der Waals surface area contributed by atoms with Gasteiger partial charge in [-0.25, -0.2) is 4.58 Å². The molecule has 0 amide bonds. The van der Waals surface area contributed by atoms with Gasteiger partial charge in [-0.15, -0.1) is 0 Å². The lowest BCUT2D eigenvalue weighted by molar-refractivity contribution is -0.527. The van der Waals surface area contributed by atoms with Gasteiger partial charge >= 0.3 is 0 Å². The van der Waals surface area contributed by atoms with Crippen LogP contribution in [0, 0.1) is 5.41 Å². The Hall–Kier alpha value is -1.45. The van der Waals surface area contributed by atoms with Crippen LogP contribution in [0.4, 0.5) is 0 Å². The molecular formula is C13H23N4+. The number of rotatable bonds is 5. The van der Waals surface area contributed by atoms with Crippen LogP contribution in [0.3, 0.4) is 0 Å². The normalized spacial score (nSPS) is 12.2. The van der Waals surface area contributed by atoms with E-state index in [1.807, 2.05) is 17.8 Å². The van der Waals surface area contributed by atoms with Crippen molar-refractivity contribution in [3.63, 3.8) is 0 Å². The summed E-state index contributed by atoms with van der Waals surface area (Å²) in [6.07, 6.45) is 8.00. The highest BCUT2D eigenvalue weighted by Crippen LogP contribution is 2.07. The summed E-state index contributed by atoms with van der Waals surface area (Å²) in [5.74, 6) is 0.395. The van der Waals surface area contributed by atoms with E-state index in [0.29, 0.717) is 18.1 Å². The van der Waals surface area contributed by atoms with Gasteiger partial charge in [0.1, 0.15) is 18.7 Å². The first kappa shape index (κ1) is 13.6. The van der Waals surface area contributed by atoms with Gasteiger partial charge in [-0.05, 0) is 12.3 Å². The van der Waals surface area contributed by atoms with Gasteiger partial charge in [0.05, 0.1) is 11.9 Å².